The SMILES string of the molecule is C1CC2OC2CC1C1CCC2OC2C1.CC(C)(C1CCC2OC2C1)C1CCC2OC2C1.O=C(OCC1CCC2OC2C1)C1CCC2OC2C1. The van der Waals surface area contributed by atoms with Crippen LogP contribution in [0.5, 0.6) is 0 Å². The molecule has 0 aromatic heterocycles. The molecule has 6 saturated carbocycles. The molecule has 274 valence electrons. The molecule has 12 aliphatic rings. The molecule has 8 heteroatoms. The van der Waals surface area contributed by atoms with Crippen molar-refractivity contribution in [2.24, 2.45) is 40.9 Å². The molecule has 0 bridgehead atoms. The lowest BCUT2D eigenvalue weighted by atomic mass is 9.61. The molecule has 18 unspecified atom stereocenters. The van der Waals surface area contributed by atoms with Gasteiger partial charge in [-0.3, -0.25) is 4.79 Å². The highest BCUT2D eigenvalue weighted by Gasteiger charge is 2.54. The first-order valence-electron chi connectivity index (χ1n) is 20.9. The number of carbonyl (C=O) groups excluding carboxylic acids is 1. The van der Waals surface area contributed by atoms with Gasteiger partial charge < -0.3 is 33.2 Å². The van der Waals surface area contributed by atoms with Gasteiger partial charge in [-0.05, 0) is 151 Å². The lowest BCUT2D eigenvalue weighted by Crippen LogP contribution is -2.37. The van der Waals surface area contributed by atoms with Gasteiger partial charge in [0.15, 0.2) is 0 Å². The van der Waals surface area contributed by atoms with E-state index in [-0.39, 0.29) is 11.9 Å². The molecule has 49 heavy (non-hydrogen) atoms. The number of ether oxygens (including phenoxy) is 7. The second-order valence-corrected chi connectivity index (χ2v) is 19.1. The van der Waals surface area contributed by atoms with Crippen molar-refractivity contribution in [2.45, 2.75) is 203 Å². The third-order valence-corrected chi connectivity index (χ3v) is 15.8. The summed E-state index contributed by atoms with van der Waals surface area (Å²) in [6.45, 7) is 5.61. The lowest BCUT2D eigenvalue weighted by Gasteiger charge is -2.43. The zero-order chi connectivity index (χ0) is 32.9. The lowest BCUT2D eigenvalue weighted by molar-refractivity contribution is -0.151. The maximum atomic E-state index is 12.0. The highest BCUT2D eigenvalue weighted by molar-refractivity contribution is 5.72. The zero-order valence-electron chi connectivity index (χ0n) is 30.1. The van der Waals surface area contributed by atoms with Gasteiger partial charge in [-0.1, -0.05) is 13.8 Å². The molecular formula is C41H62O8. The standard InChI is InChI=1S/C15H24O2.C14H20O4.C12H18O2/c1-15(2,9-3-5-11-13(7-9)16-11)10-4-6-12-14(8-10)17-12;15-14(9-2-4-11-13(6-9)18-11)16-7-8-1-3-10-12(5-8)17-10;1-3-9-11(13-9)5-7(1)8-2-4-10-12(6-8)14-10/h9-14H,3-8H2,1-2H3;8-13H,1-7H2;7-12H,1-6H2. The zero-order valence-corrected chi connectivity index (χ0v) is 30.1. The van der Waals surface area contributed by atoms with Crippen LogP contribution in [-0.4, -0.2) is 85.8 Å². The number of fused-ring (bicyclic) bond motifs is 6. The van der Waals surface area contributed by atoms with E-state index in [1.54, 1.807) is 0 Å². The summed E-state index contributed by atoms with van der Waals surface area (Å²) >= 11 is 0. The Morgan fingerprint density at radius 1 is 0.469 bits per heavy atom. The Bertz CT molecular complexity index is 1170. The van der Waals surface area contributed by atoms with Gasteiger partial charge in [-0.2, -0.15) is 0 Å². The number of hydrogen-bond acceptors (Lipinski definition) is 8. The highest BCUT2D eigenvalue weighted by Crippen LogP contribution is 2.54. The van der Waals surface area contributed by atoms with Crippen LogP contribution in [0, 0.1) is 40.9 Å². The minimum absolute atomic E-state index is 0.00258. The Morgan fingerprint density at radius 3 is 1.33 bits per heavy atom. The summed E-state index contributed by atoms with van der Waals surface area (Å²) in [5.74, 6) is 4.29. The minimum Gasteiger partial charge on any atom is -0.465 e. The molecule has 18 atom stereocenters. The molecule has 6 aliphatic carbocycles. The number of carbonyl (C=O) groups is 1. The molecule has 0 aromatic carbocycles. The Kier molecular flexibility index (Phi) is 8.69. The van der Waals surface area contributed by atoms with Crippen molar-refractivity contribution in [2.75, 3.05) is 6.61 Å². The Morgan fingerprint density at radius 2 is 0.878 bits per heavy atom. The Hall–Kier alpha value is -0.770. The monoisotopic (exact) mass is 682 g/mol. The van der Waals surface area contributed by atoms with Crippen LogP contribution in [0.25, 0.3) is 0 Å². The molecule has 8 nitrogen and oxygen atoms in total. The molecule has 0 radical (unpaired) electrons. The second kappa shape index (κ2) is 13.0. The summed E-state index contributed by atoms with van der Waals surface area (Å²) in [6.07, 6.45) is 29.5. The summed E-state index contributed by atoms with van der Waals surface area (Å²) in [4.78, 5) is 12.0. The molecule has 12 fully saturated rings. The smallest absolute Gasteiger partial charge is 0.309 e. The quantitative estimate of drug-likeness (QED) is 0.220. The summed E-state index contributed by atoms with van der Waals surface area (Å²) in [5.41, 5.74) is 0.494. The van der Waals surface area contributed by atoms with Gasteiger partial charge in [0.05, 0.1) is 85.8 Å². The van der Waals surface area contributed by atoms with Gasteiger partial charge in [-0.25, -0.2) is 0 Å². The molecular weight excluding hydrogens is 620 g/mol. The Balaban J connectivity index is 0.0000000943. The van der Waals surface area contributed by atoms with Crippen LogP contribution in [0.15, 0.2) is 0 Å². The summed E-state index contributed by atoms with van der Waals surface area (Å²) in [5, 5.41) is 0. The first-order chi connectivity index (χ1) is 23.8. The van der Waals surface area contributed by atoms with E-state index in [1.807, 2.05) is 0 Å². The predicted molar refractivity (Wildman–Crippen MR) is 181 cm³/mol. The maximum absolute atomic E-state index is 12.0. The normalized spacial score (nSPS) is 53.3. The van der Waals surface area contributed by atoms with Crippen LogP contribution in [0.4, 0.5) is 0 Å². The molecule has 6 aliphatic heterocycles. The van der Waals surface area contributed by atoms with Crippen LogP contribution < -0.4 is 0 Å². The molecule has 0 aromatic rings. The van der Waals surface area contributed by atoms with E-state index in [2.05, 4.69) is 13.8 Å². The minimum atomic E-state index is 0.00258. The second-order valence-electron chi connectivity index (χ2n) is 19.1. The van der Waals surface area contributed by atoms with E-state index >= 15 is 0 Å². The van der Waals surface area contributed by atoms with Gasteiger partial charge in [0.1, 0.15) is 0 Å². The largest absolute Gasteiger partial charge is 0.465 e. The average Bonchev–Trinajstić information content (AvgIpc) is 3.89. The first kappa shape index (κ1) is 32.8. The third-order valence-electron chi connectivity index (χ3n) is 15.8. The molecule has 12 rings (SSSR count). The van der Waals surface area contributed by atoms with E-state index in [1.165, 1.54) is 77.0 Å². The van der Waals surface area contributed by atoms with Crippen molar-refractivity contribution in [3.63, 3.8) is 0 Å². The molecule has 6 heterocycles. The number of epoxide rings is 6. The van der Waals surface area contributed by atoms with Crippen molar-refractivity contribution in [3.8, 4) is 0 Å². The summed E-state index contributed by atoms with van der Waals surface area (Å²) < 4.78 is 39.0. The number of esters is 1. The van der Waals surface area contributed by atoms with Gasteiger partial charge in [0.2, 0.25) is 0 Å². The topological polar surface area (TPSA) is 101 Å². The van der Waals surface area contributed by atoms with Crippen LogP contribution in [0.1, 0.15) is 129 Å². The molecule has 0 N–H and O–H groups in total. The predicted octanol–water partition coefficient (Wildman–Crippen LogP) is 6.93. The summed E-state index contributed by atoms with van der Waals surface area (Å²) in [7, 11) is 0. The Labute approximate surface area is 293 Å². The van der Waals surface area contributed by atoms with Crippen molar-refractivity contribution >= 4 is 5.97 Å². The highest BCUT2D eigenvalue weighted by atomic mass is 16.6. The van der Waals surface area contributed by atoms with Gasteiger partial charge in [0, 0.05) is 0 Å². The third kappa shape index (κ3) is 7.40. The van der Waals surface area contributed by atoms with Gasteiger partial charge in [0.25, 0.3) is 0 Å². The molecule has 0 amide bonds. The molecule has 0 spiro atoms. The fraction of sp³-hybridized carbons (Fsp3) is 0.976. The average molecular weight is 683 g/mol. The van der Waals surface area contributed by atoms with E-state index in [9.17, 15) is 4.79 Å². The van der Waals surface area contributed by atoms with Crippen LogP contribution in [0.3, 0.4) is 0 Å². The van der Waals surface area contributed by atoms with E-state index < -0.39 is 0 Å². The van der Waals surface area contributed by atoms with E-state index in [0.29, 0.717) is 91.2 Å². The number of rotatable bonds is 6. The van der Waals surface area contributed by atoms with E-state index in [0.717, 1.165) is 62.2 Å². The van der Waals surface area contributed by atoms with Crippen molar-refractivity contribution in [3.05, 3.63) is 0 Å². The maximum Gasteiger partial charge on any atom is 0.309 e. The first-order valence-corrected chi connectivity index (χ1v) is 20.9. The fourth-order valence-corrected chi connectivity index (χ4v) is 11.8. The molecule has 6 saturated heterocycles. The van der Waals surface area contributed by atoms with Crippen molar-refractivity contribution in [1.82, 2.24) is 0 Å². The van der Waals surface area contributed by atoms with Crippen molar-refractivity contribution in [1.29, 1.82) is 0 Å². The van der Waals surface area contributed by atoms with Crippen LogP contribution in [-0.2, 0) is 38.0 Å². The van der Waals surface area contributed by atoms with Crippen molar-refractivity contribution < 1.29 is 38.0 Å². The van der Waals surface area contributed by atoms with Gasteiger partial charge in [-0.15, -0.1) is 0 Å². The van der Waals surface area contributed by atoms with Crippen LogP contribution >= 0.6 is 0 Å². The van der Waals surface area contributed by atoms with E-state index in [4.69, 9.17) is 33.2 Å². The fourth-order valence-electron chi connectivity index (χ4n) is 11.8. The van der Waals surface area contributed by atoms with Gasteiger partial charge >= 0.3 is 5.97 Å². The van der Waals surface area contributed by atoms with Crippen LogP contribution in [0.2, 0.25) is 0 Å². The summed E-state index contributed by atoms with van der Waals surface area (Å²) in [6, 6.07) is 0. The number of hydrogen-bond donors (Lipinski definition) is 0.